The maximum Gasteiger partial charge on any atom is 0.160 e. The lowest BCUT2D eigenvalue weighted by Crippen LogP contribution is -2.28. The monoisotopic (exact) mass is 714 g/mol. The first-order chi connectivity index (χ1) is 27.7. The maximum absolute atomic E-state index is 6.14. The van der Waals surface area contributed by atoms with Crippen molar-refractivity contribution in [2.24, 2.45) is 0 Å². The summed E-state index contributed by atoms with van der Waals surface area (Å²) in [4.78, 5) is 10.2. The van der Waals surface area contributed by atoms with E-state index in [0.29, 0.717) is 5.82 Å². The standard InChI is InChI=1S/C53H34N2O/c1-3-14-37(15-4-1)52-54-48(34-49(55-52)39-30-31-51-45(33-39)44-22-9-12-25-50(44)56-51)36-28-26-35(27-29-36)38-16-13-19-41(32-38)53(40-17-5-2-6-18-40)46-23-10-7-20-42(46)43-21-8-11-24-47(43)53/h1-34H. The Balaban J connectivity index is 1.02. The van der Waals surface area contributed by atoms with E-state index in [9.17, 15) is 0 Å². The van der Waals surface area contributed by atoms with Gasteiger partial charge in [-0.1, -0.05) is 170 Å². The summed E-state index contributed by atoms with van der Waals surface area (Å²) in [5, 5.41) is 2.17. The predicted molar refractivity (Wildman–Crippen MR) is 228 cm³/mol. The number of hydrogen-bond donors (Lipinski definition) is 0. The van der Waals surface area contributed by atoms with Crippen LogP contribution in [0.15, 0.2) is 211 Å². The van der Waals surface area contributed by atoms with Crippen LogP contribution in [0, 0.1) is 0 Å². The van der Waals surface area contributed by atoms with Crippen molar-refractivity contribution >= 4 is 21.9 Å². The van der Waals surface area contributed by atoms with E-state index in [2.05, 4.69) is 164 Å². The SMILES string of the molecule is c1ccc(-c2nc(-c3ccc(-c4cccc(C5(c6ccccc6)c6ccccc6-c6ccccc65)c4)cc3)cc(-c3ccc4oc5ccccc5c4c3)n2)cc1. The number of benzene rings is 8. The molecular weight excluding hydrogens is 681 g/mol. The van der Waals surface area contributed by atoms with Crippen LogP contribution < -0.4 is 0 Å². The Hall–Kier alpha value is -7.36. The zero-order chi connectivity index (χ0) is 37.1. The van der Waals surface area contributed by atoms with Crippen molar-refractivity contribution in [1.29, 1.82) is 0 Å². The van der Waals surface area contributed by atoms with E-state index in [1.807, 2.05) is 42.5 Å². The van der Waals surface area contributed by atoms with Gasteiger partial charge in [0.05, 0.1) is 16.8 Å². The summed E-state index contributed by atoms with van der Waals surface area (Å²) in [6, 6.07) is 73.4. The Bertz CT molecular complexity index is 3030. The molecular formula is C53H34N2O. The van der Waals surface area contributed by atoms with Crippen molar-refractivity contribution in [3.05, 3.63) is 229 Å². The van der Waals surface area contributed by atoms with Gasteiger partial charge < -0.3 is 4.42 Å². The van der Waals surface area contributed by atoms with Gasteiger partial charge in [-0.2, -0.15) is 0 Å². The number of fused-ring (bicyclic) bond motifs is 6. The largest absolute Gasteiger partial charge is 0.456 e. The first-order valence-corrected chi connectivity index (χ1v) is 19.1. The Morgan fingerprint density at radius 3 is 1.64 bits per heavy atom. The molecule has 1 aliphatic rings. The summed E-state index contributed by atoms with van der Waals surface area (Å²) >= 11 is 0. The quantitative estimate of drug-likeness (QED) is 0.172. The lowest BCUT2D eigenvalue weighted by molar-refractivity contribution is 0.669. The van der Waals surface area contributed by atoms with Crippen LogP contribution in [0.3, 0.4) is 0 Å². The maximum atomic E-state index is 6.14. The van der Waals surface area contributed by atoms with E-state index in [1.54, 1.807) is 0 Å². The molecule has 2 aromatic heterocycles. The van der Waals surface area contributed by atoms with Gasteiger partial charge in [0.2, 0.25) is 0 Å². The van der Waals surface area contributed by atoms with Gasteiger partial charge in [-0.25, -0.2) is 9.97 Å². The number of aromatic nitrogens is 2. The van der Waals surface area contributed by atoms with Gasteiger partial charge in [0.25, 0.3) is 0 Å². The molecule has 0 N–H and O–H groups in total. The van der Waals surface area contributed by atoms with Gasteiger partial charge in [0.15, 0.2) is 5.82 Å². The Kier molecular flexibility index (Phi) is 7.39. The molecule has 3 heteroatoms. The molecule has 0 bridgehead atoms. The highest BCUT2D eigenvalue weighted by atomic mass is 16.3. The minimum atomic E-state index is -0.443. The van der Waals surface area contributed by atoms with Gasteiger partial charge >= 0.3 is 0 Å². The molecule has 0 atom stereocenters. The molecule has 0 unspecified atom stereocenters. The Morgan fingerprint density at radius 2 is 0.893 bits per heavy atom. The second-order valence-corrected chi connectivity index (χ2v) is 14.5. The van der Waals surface area contributed by atoms with Crippen LogP contribution in [-0.4, -0.2) is 9.97 Å². The molecule has 0 amide bonds. The summed E-state index contributed by atoms with van der Waals surface area (Å²) in [7, 11) is 0. The summed E-state index contributed by atoms with van der Waals surface area (Å²) in [6.07, 6.45) is 0. The number of para-hydroxylation sites is 1. The van der Waals surface area contributed by atoms with Crippen LogP contribution in [0.5, 0.6) is 0 Å². The highest BCUT2D eigenvalue weighted by Crippen LogP contribution is 2.56. The number of rotatable bonds is 6. The third kappa shape index (κ3) is 5.05. The molecule has 3 nitrogen and oxygen atoms in total. The molecule has 11 rings (SSSR count). The first kappa shape index (κ1) is 32.1. The molecule has 2 heterocycles. The fourth-order valence-corrected chi connectivity index (χ4v) is 8.82. The lowest BCUT2D eigenvalue weighted by Gasteiger charge is -2.34. The Morgan fingerprint density at radius 1 is 0.339 bits per heavy atom. The van der Waals surface area contributed by atoms with Crippen molar-refractivity contribution in [3.63, 3.8) is 0 Å². The summed E-state index contributed by atoms with van der Waals surface area (Å²) in [5.74, 6) is 0.690. The molecule has 0 saturated carbocycles. The molecule has 262 valence electrons. The molecule has 8 aromatic carbocycles. The van der Waals surface area contributed by atoms with E-state index in [1.165, 1.54) is 38.9 Å². The number of nitrogens with zero attached hydrogens (tertiary/aromatic N) is 2. The molecule has 0 aliphatic heterocycles. The van der Waals surface area contributed by atoms with Gasteiger partial charge in [0, 0.05) is 27.5 Å². The molecule has 0 saturated heterocycles. The molecule has 1 aliphatic carbocycles. The van der Waals surface area contributed by atoms with Crippen LogP contribution in [0.2, 0.25) is 0 Å². The van der Waals surface area contributed by atoms with E-state index in [4.69, 9.17) is 14.4 Å². The van der Waals surface area contributed by atoms with E-state index in [0.717, 1.165) is 55.6 Å². The summed E-state index contributed by atoms with van der Waals surface area (Å²) in [6.45, 7) is 0. The van der Waals surface area contributed by atoms with Crippen LogP contribution >= 0.6 is 0 Å². The summed E-state index contributed by atoms with van der Waals surface area (Å²) in [5.41, 5.74) is 16.1. The third-order valence-electron chi connectivity index (χ3n) is 11.4. The highest BCUT2D eigenvalue weighted by Gasteiger charge is 2.45. The third-order valence-corrected chi connectivity index (χ3v) is 11.4. The molecule has 0 fully saturated rings. The van der Waals surface area contributed by atoms with E-state index in [-0.39, 0.29) is 0 Å². The van der Waals surface area contributed by atoms with Gasteiger partial charge in [-0.15, -0.1) is 0 Å². The fourth-order valence-electron chi connectivity index (χ4n) is 8.82. The van der Waals surface area contributed by atoms with Gasteiger partial charge in [-0.3, -0.25) is 0 Å². The average molecular weight is 715 g/mol. The normalized spacial score (nSPS) is 12.8. The van der Waals surface area contributed by atoms with Gasteiger partial charge in [0.1, 0.15) is 11.2 Å². The highest BCUT2D eigenvalue weighted by molar-refractivity contribution is 6.06. The van der Waals surface area contributed by atoms with Crippen molar-refractivity contribution in [2.45, 2.75) is 5.41 Å². The minimum Gasteiger partial charge on any atom is -0.456 e. The first-order valence-electron chi connectivity index (χ1n) is 19.1. The molecule has 56 heavy (non-hydrogen) atoms. The molecule has 0 radical (unpaired) electrons. The van der Waals surface area contributed by atoms with Crippen molar-refractivity contribution in [3.8, 4) is 56.2 Å². The Labute approximate surface area is 325 Å². The van der Waals surface area contributed by atoms with Crippen LogP contribution in [-0.2, 0) is 5.41 Å². The number of furan rings is 1. The van der Waals surface area contributed by atoms with Crippen LogP contribution in [0.1, 0.15) is 22.3 Å². The molecule has 0 spiro atoms. The molecule has 10 aromatic rings. The van der Waals surface area contributed by atoms with Crippen molar-refractivity contribution < 1.29 is 4.42 Å². The fraction of sp³-hybridized carbons (Fsp3) is 0.0189. The van der Waals surface area contributed by atoms with Gasteiger partial charge in [-0.05, 0) is 80.9 Å². The predicted octanol–water partition coefficient (Wildman–Crippen LogP) is 13.4. The zero-order valence-corrected chi connectivity index (χ0v) is 30.4. The minimum absolute atomic E-state index is 0.443. The smallest absolute Gasteiger partial charge is 0.160 e. The second kappa shape index (κ2) is 12.9. The summed E-state index contributed by atoms with van der Waals surface area (Å²) < 4.78 is 6.14. The zero-order valence-electron chi connectivity index (χ0n) is 30.4. The second-order valence-electron chi connectivity index (χ2n) is 14.5. The number of hydrogen-bond acceptors (Lipinski definition) is 3. The van der Waals surface area contributed by atoms with E-state index < -0.39 is 5.41 Å². The van der Waals surface area contributed by atoms with Crippen LogP contribution in [0.4, 0.5) is 0 Å². The van der Waals surface area contributed by atoms with E-state index >= 15 is 0 Å². The van der Waals surface area contributed by atoms with Crippen molar-refractivity contribution in [1.82, 2.24) is 9.97 Å². The average Bonchev–Trinajstić information content (AvgIpc) is 3.81. The topological polar surface area (TPSA) is 38.9 Å². The van der Waals surface area contributed by atoms with Crippen molar-refractivity contribution in [2.75, 3.05) is 0 Å². The lowest BCUT2D eigenvalue weighted by atomic mass is 9.67. The van der Waals surface area contributed by atoms with Crippen LogP contribution in [0.25, 0.3) is 78.1 Å².